The Morgan fingerprint density at radius 1 is 1.31 bits per heavy atom. The summed E-state index contributed by atoms with van der Waals surface area (Å²) in [5.41, 5.74) is 0. The van der Waals surface area contributed by atoms with E-state index in [4.69, 9.17) is 0 Å². The topological polar surface area (TPSA) is 41.1 Å². The molecule has 0 aromatic carbocycles. The monoisotopic (exact) mass is 182 g/mol. The summed E-state index contributed by atoms with van der Waals surface area (Å²) in [5, 5.41) is 5.89. The van der Waals surface area contributed by atoms with Gasteiger partial charge in [-0.2, -0.15) is 0 Å². The molecule has 0 aromatic rings. The van der Waals surface area contributed by atoms with Crippen LogP contribution in [0.25, 0.3) is 0 Å². The Hall–Kier alpha value is -0.730. The highest BCUT2D eigenvalue weighted by molar-refractivity contribution is 5.75. The number of urea groups is 1. The molecule has 2 fully saturated rings. The van der Waals surface area contributed by atoms with Crippen LogP contribution < -0.4 is 10.6 Å². The lowest BCUT2D eigenvalue weighted by Gasteiger charge is -2.10. The predicted molar refractivity (Wildman–Crippen MR) is 51.4 cm³/mol. The molecule has 0 bridgehead atoms. The Bertz CT molecular complexity index is 205. The first-order chi connectivity index (χ1) is 6.18. The van der Waals surface area contributed by atoms with Gasteiger partial charge in [0.05, 0.1) is 0 Å². The third-order valence-electron chi connectivity index (χ3n) is 3.12. The Balaban J connectivity index is 1.71. The molecule has 3 atom stereocenters. The minimum atomic E-state index is 0.00870. The summed E-state index contributed by atoms with van der Waals surface area (Å²) in [6.45, 7) is 3.96. The summed E-state index contributed by atoms with van der Waals surface area (Å²) in [6, 6.07) is 0.737. The molecule has 74 valence electrons. The second kappa shape index (κ2) is 3.20. The zero-order valence-corrected chi connectivity index (χ0v) is 8.34. The summed E-state index contributed by atoms with van der Waals surface area (Å²) in [4.78, 5) is 11.3. The summed E-state index contributed by atoms with van der Waals surface area (Å²) >= 11 is 0. The number of fused-ring (bicyclic) bond motifs is 1. The maximum absolute atomic E-state index is 11.3. The lowest BCUT2D eigenvalue weighted by Crippen LogP contribution is -2.41. The van der Waals surface area contributed by atoms with E-state index in [9.17, 15) is 4.79 Å². The molecule has 3 heteroatoms. The van der Waals surface area contributed by atoms with Crippen LogP contribution in [0.2, 0.25) is 0 Å². The normalized spacial score (nSPS) is 35.8. The van der Waals surface area contributed by atoms with E-state index in [1.165, 1.54) is 19.3 Å². The van der Waals surface area contributed by atoms with Crippen molar-refractivity contribution in [1.82, 2.24) is 10.6 Å². The summed E-state index contributed by atoms with van der Waals surface area (Å²) in [7, 11) is 0. The van der Waals surface area contributed by atoms with Crippen LogP contribution in [0.5, 0.6) is 0 Å². The molecular formula is C10H18N2O. The Kier molecular flexibility index (Phi) is 2.18. The van der Waals surface area contributed by atoms with Gasteiger partial charge >= 0.3 is 6.03 Å². The molecular weight excluding hydrogens is 164 g/mol. The molecule has 2 N–H and O–H groups in total. The molecule has 0 spiro atoms. The second-order valence-electron chi connectivity index (χ2n) is 4.56. The summed E-state index contributed by atoms with van der Waals surface area (Å²) < 4.78 is 0. The molecule has 2 saturated carbocycles. The second-order valence-corrected chi connectivity index (χ2v) is 4.56. The van der Waals surface area contributed by atoms with Crippen LogP contribution >= 0.6 is 0 Å². The first-order valence-electron chi connectivity index (χ1n) is 5.25. The average Bonchev–Trinajstić information content (AvgIpc) is 2.51. The van der Waals surface area contributed by atoms with Crippen molar-refractivity contribution in [3.63, 3.8) is 0 Å². The minimum Gasteiger partial charge on any atom is -0.336 e. The smallest absolute Gasteiger partial charge is 0.315 e. The minimum absolute atomic E-state index is 0.00870. The fourth-order valence-corrected chi connectivity index (χ4v) is 2.49. The van der Waals surface area contributed by atoms with Crippen molar-refractivity contribution in [2.45, 2.75) is 45.2 Å². The Labute approximate surface area is 79.3 Å². The standard InChI is InChI=1S/C10H18N2O/c1-6(2)11-10(13)12-9-7-4-3-5-8(7)9/h6-9H,3-5H2,1-2H3,(H2,11,12,13)/t7-,8+,9?. The number of nitrogens with one attached hydrogen (secondary N) is 2. The highest BCUT2D eigenvalue weighted by Crippen LogP contribution is 2.51. The maximum atomic E-state index is 11.3. The van der Waals surface area contributed by atoms with E-state index in [0.717, 1.165) is 11.8 Å². The molecule has 2 aliphatic rings. The van der Waals surface area contributed by atoms with Crippen LogP contribution in [0.1, 0.15) is 33.1 Å². The van der Waals surface area contributed by atoms with Gasteiger partial charge in [0.15, 0.2) is 0 Å². The highest BCUT2D eigenvalue weighted by Gasteiger charge is 2.53. The Morgan fingerprint density at radius 3 is 2.46 bits per heavy atom. The third kappa shape index (κ3) is 1.79. The molecule has 2 amide bonds. The number of amides is 2. The molecule has 13 heavy (non-hydrogen) atoms. The number of hydrogen-bond donors (Lipinski definition) is 2. The largest absolute Gasteiger partial charge is 0.336 e. The van der Waals surface area contributed by atoms with Gasteiger partial charge in [0.25, 0.3) is 0 Å². The van der Waals surface area contributed by atoms with Crippen LogP contribution in [0.3, 0.4) is 0 Å². The molecule has 0 aliphatic heterocycles. The van der Waals surface area contributed by atoms with E-state index in [-0.39, 0.29) is 12.1 Å². The summed E-state index contributed by atoms with van der Waals surface area (Å²) in [6.07, 6.45) is 3.99. The Morgan fingerprint density at radius 2 is 1.92 bits per heavy atom. The third-order valence-corrected chi connectivity index (χ3v) is 3.12. The van der Waals surface area contributed by atoms with Gasteiger partial charge in [-0.05, 0) is 38.5 Å². The van der Waals surface area contributed by atoms with Crippen molar-refractivity contribution in [3.05, 3.63) is 0 Å². The fourth-order valence-electron chi connectivity index (χ4n) is 2.49. The van der Waals surface area contributed by atoms with Crippen molar-refractivity contribution in [2.24, 2.45) is 11.8 Å². The molecule has 0 saturated heterocycles. The van der Waals surface area contributed by atoms with E-state index < -0.39 is 0 Å². The highest BCUT2D eigenvalue weighted by atomic mass is 16.2. The van der Waals surface area contributed by atoms with Crippen LogP contribution in [0.15, 0.2) is 0 Å². The molecule has 2 aliphatic carbocycles. The molecule has 3 nitrogen and oxygen atoms in total. The summed E-state index contributed by atoms with van der Waals surface area (Å²) in [5.74, 6) is 1.61. The molecule has 0 radical (unpaired) electrons. The quantitative estimate of drug-likeness (QED) is 0.667. The van der Waals surface area contributed by atoms with Crippen molar-refractivity contribution in [2.75, 3.05) is 0 Å². The molecule has 0 aromatic heterocycles. The molecule has 0 heterocycles. The first kappa shape index (κ1) is 8.85. The van der Waals surface area contributed by atoms with Gasteiger partial charge < -0.3 is 10.6 Å². The van der Waals surface area contributed by atoms with Crippen molar-refractivity contribution >= 4 is 6.03 Å². The van der Waals surface area contributed by atoms with Crippen molar-refractivity contribution in [1.29, 1.82) is 0 Å². The average molecular weight is 182 g/mol. The lowest BCUT2D eigenvalue weighted by molar-refractivity contribution is 0.237. The van der Waals surface area contributed by atoms with E-state index in [2.05, 4.69) is 10.6 Å². The predicted octanol–water partition coefficient (Wildman–Crippen LogP) is 1.49. The fraction of sp³-hybridized carbons (Fsp3) is 0.900. The van der Waals surface area contributed by atoms with E-state index in [1.807, 2.05) is 13.8 Å². The van der Waals surface area contributed by atoms with Gasteiger partial charge in [-0.25, -0.2) is 4.79 Å². The van der Waals surface area contributed by atoms with E-state index in [1.54, 1.807) is 0 Å². The number of rotatable bonds is 2. The lowest BCUT2D eigenvalue weighted by atomic mass is 10.2. The number of carbonyl (C=O) groups excluding carboxylic acids is 1. The van der Waals surface area contributed by atoms with Gasteiger partial charge in [-0.3, -0.25) is 0 Å². The van der Waals surface area contributed by atoms with Crippen LogP contribution in [-0.2, 0) is 0 Å². The van der Waals surface area contributed by atoms with Gasteiger partial charge in [0.1, 0.15) is 0 Å². The zero-order chi connectivity index (χ0) is 9.42. The number of carbonyl (C=O) groups is 1. The van der Waals surface area contributed by atoms with Crippen molar-refractivity contribution < 1.29 is 4.79 Å². The van der Waals surface area contributed by atoms with E-state index in [0.29, 0.717) is 6.04 Å². The van der Waals surface area contributed by atoms with Gasteiger partial charge in [0, 0.05) is 12.1 Å². The SMILES string of the molecule is CC(C)NC(=O)NC1[C@H]2CCC[C@@H]12. The molecule has 2 rings (SSSR count). The van der Waals surface area contributed by atoms with E-state index >= 15 is 0 Å². The van der Waals surface area contributed by atoms with Crippen molar-refractivity contribution in [3.8, 4) is 0 Å². The number of hydrogen-bond acceptors (Lipinski definition) is 1. The first-order valence-corrected chi connectivity index (χ1v) is 5.25. The zero-order valence-electron chi connectivity index (χ0n) is 8.34. The van der Waals surface area contributed by atoms with Gasteiger partial charge in [0.2, 0.25) is 0 Å². The van der Waals surface area contributed by atoms with Crippen LogP contribution in [0.4, 0.5) is 4.79 Å². The van der Waals surface area contributed by atoms with Crippen LogP contribution in [0, 0.1) is 11.8 Å². The van der Waals surface area contributed by atoms with Gasteiger partial charge in [-0.1, -0.05) is 6.42 Å². The van der Waals surface area contributed by atoms with Gasteiger partial charge in [-0.15, -0.1) is 0 Å². The maximum Gasteiger partial charge on any atom is 0.315 e. The molecule has 1 unspecified atom stereocenters. The van der Waals surface area contributed by atoms with Crippen LogP contribution in [-0.4, -0.2) is 18.1 Å².